The first kappa shape index (κ1) is 18.6. The van der Waals surface area contributed by atoms with E-state index in [4.69, 9.17) is 0 Å². The molecule has 3 rings (SSSR count). The van der Waals surface area contributed by atoms with E-state index in [1.165, 1.54) is 17.1 Å². The van der Waals surface area contributed by atoms with Crippen LogP contribution in [0, 0.1) is 43.3 Å². The van der Waals surface area contributed by atoms with Gasteiger partial charge in [0, 0.05) is 22.3 Å². The van der Waals surface area contributed by atoms with E-state index in [2.05, 4.69) is 56.1 Å². The first-order valence-electron chi connectivity index (χ1n) is 8.85. The summed E-state index contributed by atoms with van der Waals surface area (Å²) in [5, 5.41) is 0. The molecule has 3 aromatic rings. The highest BCUT2D eigenvalue weighted by molar-refractivity contribution is 6.51. The van der Waals surface area contributed by atoms with E-state index in [0.717, 1.165) is 16.7 Å². The first-order valence-corrected chi connectivity index (χ1v) is 8.85. The predicted molar refractivity (Wildman–Crippen MR) is 112 cm³/mol. The topological polar surface area (TPSA) is 0 Å². The Hall–Kier alpha value is -3.23. The number of benzene rings is 3. The maximum absolute atomic E-state index is 13.6. The smallest absolute Gasteiger partial charge is 0.148 e. The predicted octanol–water partition coefficient (Wildman–Crippen LogP) is 4.62. The molecule has 0 saturated carbocycles. The molecule has 0 amide bonds. The van der Waals surface area contributed by atoms with Crippen LogP contribution in [-0.2, 0) is 0 Å². The molecular formula is C25H19BF. The lowest BCUT2D eigenvalue weighted by molar-refractivity contribution is 0.618. The average Bonchev–Trinajstić information content (AvgIpc) is 2.68. The first-order chi connectivity index (χ1) is 13.0. The van der Waals surface area contributed by atoms with Gasteiger partial charge in [-0.25, -0.2) is 4.39 Å². The van der Waals surface area contributed by atoms with Crippen molar-refractivity contribution in [1.29, 1.82) is 0 Å². The molecule has 27 heavy (non-hydrogen) atoms. The van der Waals surface area contributed by atoms with Crippen molar-refractivity contribution in [3.05, 3.63) is 99.9 Å². The van der Waals surface area contributed by atoms with Crippen LogP contribution in [-0.4, -0.2) is 7.28 Å². The van der Waals surface area contributed by atoms with Gasteiger partial charge in [-0.05, 0) is 67.4 Å². The van der Waals surface area contributed by atoms with Gasteiger partial charge in [0.05, 0.1) is 0 Å². The molecule has 0 heterocycles. The molecule has 0 fully saturated rings. The van der Waals surface area contributed by atoms with Crippen molar-refractivity contribution in [3.8, 4) is 23.7 Å². The van der Waals surface area contributed by atoms with E-state index in [1.807, 2.05) is 37.2 Å². The van der Waals surface area contributed by atoms with E-state index >= 15 is 0 Å². The molecule has 0 N–H and O–H groups in total. The Kier molecular flexibility index (Phi) is 5.80. The molecule has 0 spiro atoms. The van der Waals surface area contributed by atoms with Crippen molar-refractivity contribution < 1.29 is 4.39 Å². The van der Waals surface area contributed by atoms with Crippen LogP contribution < -0.4 is 5.46 Å². The largest absolute Gasteiger partial charge is 0.207 e. The van der Waals surface area contributed by atoms with Crippen molar-refractivity contribution in [2.24, 2.45) is 0 Å². The molecule has 0 aromatic heterocycles. The fraction of sp³-hybridized carbons (Fsp3) is 0.120. The van der Waals surface area contributed by atoms with Crippen molar-refractivity contribution in [2.45, 2.75) is 20.7 Å². The minimum Gasteiger partial charge on any atom is -0.207 e. The number of halogens is 1. The molecule has 1 radical (unpaired) electrons. The summed E-state index contributed by atoms with van der Waals surface area (Å²) in [4.78, 5) is 0. The Bertz CT molecular complexity index is 1090. The lowest BCUT2D eigenvalue weighted by Gasteiger charge is -2.01. The number of aryl methyl sites for hydroxylation is 2. The molecule has 0 bridgehead atoms. The van der Waals surface area contributed by atoms with Gasteiger partial charge in [-0.1, -0.05) is 54.2 Å². The number of hydrogen-bond acceptors (Lipinski definition) is 0. The van der Waals surface area contributed by atoms with E-state index in [1.54, 1.807) is 13.0 Å². The molecule has 129 valence electrons. The molecule has 2 heteroatoms. The third-order valence-electron chi connectivity index (χ3n) is 4.33. The van der Waals surface area contributed by atoms with Gasteiger partial charge in [-0.2, -0.15) is 0 Å². The minimum atomic E-state index is -0.229. The van der Waals surface area contributed by atoms with E-state index in [0.29, 0.717) is 11.1 Å². The molecule has 0 nitrogen and oxygen atoms in total. The SMILES string of the molecule is C[B]c1ccc(C#Cc2ccc(C#Cc3ccc(C)c(F)c3)cc2)c(C)c1. The molecule has 0 aliphatic heterocycles. The fourth-order valence-electron chi connectivity index (χ4n) is 2.60. The van der Waals surface area contributed by atoms with E-state index in [9.17, 15) is 4.39 Å². The summed E-state index contributed by atoms with van der Waals surface area (Å²) in [6.45, 7) is 5.84. The second-order valence-electron chi connectivity index (χ2n) is 6.40. The van der Waals surface area contributed by atoms with E-state index < -0.39 is 0 Å². The maximum atomic E-state index is 13.6. The normalized spacial score (nSPS) is 9.63. The summed E-state index contributed by atoms with van der Waals surface area (Å²) in [7, 11) is 2.08. The Morgan fingerprint density at radius 2 is 1.26 bits per heavy atom. The highest BCUT2D eigenvalue weighted by Gasteiger charge is 1.98. The number of hydrogen-bond donors (Lipinski definition) is 0. The van der Waals surface area contributed by atoms with Crippen molar-refractivity contribution in [3.63, 3.8) is 0 Å². The quantitative estimate of drug-likeness (QED) is 0.444. The lowest BCUT2D eigenvalue weighted by Crippen LogP contribution is -2.10. The zero-order valence-electron chi connectivity index (χ0n) is 15.7. The molecule has 0 saturated heterocycles. The van der Waals surface area contributed by atoms with Crippen molar-refractivity contribution >= 4 is 12.7 Å². The van der Waals surface area contributed by atoms with Crippen LogP contribution in [0.3, 0.4) is 0 Å². The third kappa shape index (κ3) is 4.90. The molecular weight excluding hydrogens is 330 g/mol. The number of rotatable bonds is 1. The second-order valence-corrected chi connectivity index (χ2v) is 6.40. The Morgan fingerprint density at radius 3 is 1.85 bits per heavy atom. The second kappa shape index (κ2) is 8.44. The van der Waals surface area contributed by atoms with Crippen LogP contribution in [0.5, 0.6) is 0 Å². The van der Waals surface area contributed by atoms with Gasteiger partial charge in [0.15, 0.2) is 0 Å². The van der Waals surface area contributed by atoms with Gasteiger partial charge < -0.3 is 0 Å². The molecule has 0 unspecified atom stereocenters. The van der Waals surface area contributed by atoms with Gasteiger partial charge in [0.25, 0.3) is 0 Å². The van der Waals surface area contributed by atoms with Gasteiger partial charge >= 0.3 is 0 Å². The Morgan fingerprint density at radius 1 is 0.667 bits per heavy atom. The highest BCUT2D eigenvalue weighted by Crippen LogP contribution is 2.09. The summed E-state index contributed by atoms with van der Waals surface area (Å²) in [6.07, 6.45) is 0. The van der Waals surface area contributed by atoms with Crippen LogP contribution in [0.4, 0.5) is 4.39 Å². The average molecular weight is 349 g/mol. The molecule has 0 aliphatic carbocycles. The molecule has 0 atom stereocenters. The van der Waals surface area contributed by atoms with Crippen LogP contribution in [0.2, 0.25) is 6.82 Å². The van der Waals surface area contributed by atoms with Crippen LogP contribution in [0.1, 0.15) is 33.4 Å². The van der Waals surface area contributed by atoms with Gasteiger partial charge in [0.1, 0.15) is 13.1 Å². The highest BCUT2D eigenvalue weighted by atomic mass is 19.1. The Labute approximate surface area is 161 Å². The van der Waals surface area contributed by atoms with E-state index in [-0.39, 0.29) is 5.82 Å². The fourth-order valence-corrected chi connectivity index (χ4v) is 2.60. The summed E-state index contributed by atoms with van der Waals surface area (Å²) in [6, 6.07) is 19.1. The Balaban J connectivity index is 1.75. The van der Waals surface area contributed by atoms with Gasteiger partial charge in [-0.15, -0.1) is 0 Å². The zero-order chi connectivity index (χ0) is 19.2. The lowest BCUT2D eigenvalue weighted by atomic mass is 9.72. The monoisotopic (exact) mass is 349 g/mol. The molecule has 0 aliphatic rings. The van der Waals surface area contributed by atoms with Gasteiger partial charge in [-0.3, -0.25) is 0 Å². The third-order valence-corrected chi connectivity index (χ3v) is 4.33. The van der Waals surface area contributed by atoms with Crippen LogP contribution >= 0.6 is 0 Å². The summed E-state index contributed by atoms with van der Waals surface area (Å²) >= 11 is 0. The summed E-state index contributed by atoms with van der Waals surface area (Å²) < 4.78 is 13.6. The van der Waals surface area contributed by atoms with Gasteiger partial charge in [0.2, 0.25) is 0 Å². The minimum absolute atomic E-state index is 0.229. The summed E-state index contributed by atoms with van der Waals surface area (Å²) in [5.74, 6) is 12.3. The van der Waals surface area contributed by atoms with Crippen molar-refractivity contribution in [2.75, 3.05) is 0 Å². The molecule has 3 aromatic carbocycles. The van der Waals surface area contributed by atoms with Crippen molar-refractivity contribution in [1.82, 2.24) is 0 Å². The maximum Gasteiger partial charge on any atom is 0.148 e. The zero-order valence-corrected chi connectivity index (χ0v) is 15.7. The van der Waals surface area contributed by atoms with Crippen LogP contribution in [0.15, 0.2) is 60.7 Å². The van der Waals surface area contributed by atoms with Crippen LogP contribution in [0.25, 0.3) is 0 Å². The summed E-state index contributed by atoms with van der Waals surface area (Å²) in [5.41, 5.74) is 6.52. The standard InChI is InChI=1S/C25H19BF/c1-18-4-5-22(17-25(18)27)11-10-20-6-8-21(9-7-20)12-13-23-14-15-24(26-3)16-19(23)2/h4-9,14-17H,1-3H3.